The standard InChI is InChI=1S/C26H26N2O2/c1-4-30-24-15-14-19(16-25(24)29-3)18-28(2)26-17-22(20-10-6-5-7-11-20)21-12-8-9-13-23(21)27-26/h5-17H,4,18H2,1-3H3/p+1. The molecule has 0 amide bonds. The molecule has 0 unspecified atom stereocenters. The minimum absolute atomic E-state index is 0.615. The van der Waals surface area contributed by atoms with E-state index in [0.717, 1.165) is 34.9 Å². The lowest BCUT2D eigenvalue weighted by molar-refractivity contribution is -0.330. The molecule has 0 saturated heterocycles. The number of aromatic nitrogens is 1. The van der Waals surface area contributed by atoms with Crippen molar-refractivity contribution in [1.29, 1.82) is 0 Å². The fourth-order valence-corrected chi connectivity index (χ4v) is 3.72. The maximum absolute atomic E-state index is 5.64. The SMILES string of the molecule is CCOc1ccc(CN(C)c2cc(-c3ccccc3)c3ccccc3[nH+]2)cc1OC. The summed E-state index contributed by atoms with van der Waals surface area (Å²) in [4.78, 5) is 5.80. The highest BCUT2D eigenvalue weighted by Gasteiger charge is 2.17. The van der Waals surface area contributed by atoms with E-state index >= 15 is 0 Å². The normalized spacial score (nSPS) is 10.8. The molecule has 4 nitrogen and oxygen atoms in total. The molecule has 0 radical (unpaired) electrons. The van der Waals surface area contributed by atoms with Crippen LogP contribution >= 0.6 is 0 Å². The number of pyridine rings is 1. The first-order valence-corrected chi connectivity index (χ1v) is 10.2. The van der Waals surface area contributed by atoms with Crippen LogP contribution in [0.5, 0.6) is 11.5 Å². The van der Waals surface area contributed by atoms with Gasteiger partial charge in [-0.05, 0) is 36.2 Å². The number of rotatable bonds is 7. The second-order valence-electron chi connectivity index (χ2n) is 7.25. The summed E-state index contributed by atoms with van der Waals surface area (Å²) in [5.41, 5.74) is 4.70. The molecule has 3 aromatic carbocycles. The number of anilines is 1. The average molecular weight is 400 g/mol. The van der Waals surface area contributed by atoms with Crippen LogP contribution in [-0.4, -0.2) is 20.8 Å². The van der Waals surface area contributed by atoms with Gasteiger partial charge in [0.25, 0.3) is 5.82 Å². The number of H-pyrrole nitrogens is 1. The Bertz CT molecular complexity index is 1140. The van der Waals surface area contributed by atoms with Gasteiger partial charge in [-0.3, -0.25) is 4.90 Å². The van der Waals surface area contributed by atoms with Crippen LogP contribution in [0.2, 0.25) is 0 Å². The number of para-hydroxylation sites is 1. The number of fused-ring (bicyclic) bond motifs is 1. The molecule has 0 aliphatic rings. The highest BCUT2D eigenvalue weighted by atomic mass is 16.5. The number of aromatic amines is 1. The summed E-state index contributed by atoms with van der Waals surface area (Å²) in [5.74, 6) is 2.59. The zero-order valence-corrected chi connectivity index (χ0v) is 17.7. The lowest BCUT2D eigenvalue weighted by Crippen LogP contribution is -2.25. The van der Waals surface area contributed by atoms with Crippen molar-refractivity contribution >= 4 is 16.7 Å². The fraction of sp³-hybridized carbons (Fsp3) is 0.192. The van der Waals surface area contributed by atoms with Gasteiger partial charge in [-0.1, -0.05) is 54.6 Å². The van der Waals surface area contributed by atoms with Crippen molar-refractivity contribution in [2.75, 3.05) is 25.7 Å². The zero-order chi connectivity index (χ0) is 20.9. The number of benzene rings is 3. The Morgan fingerprint density at radius 2 is 1.63 bits per heavy atom. The Hall–Kier alpha value is -3.53. The van der Waals surface area contributed by atoms with Crippen LogP contribution in [0.1, 0.15) is 12.5 Å². The minimum atomic E-state index is 0.615. The first kappa shape index (κ1) is 19.8. The van der Waals surface area contributed by atoms with E-state index in [-0.39, 0.29) is 0 Å². The smallest absolute Gasteiger partial charge is 0.275 e. The molecule has 0 aliphatic carbocycles. The molecule has 4 aromatic rings. The van der Waals surface area contributed by atoms with Crippen molar-refractivity contribution in [1.82, 2.24) is 0 Å². The molecule has 0 saturated carbocycles. The van der Waals surface area contributed by atoms with Crippen molar-refractivity contribution in [3.63, 3.8) is 0 Å². The third-order valence-corrected chi connectivity index (χ3v) is 5.20. The maximum atomic E-state index is 5.64. The lowest BCUT2D eigenvalue weighted by atomic mass is 10.0. The van der Waals surface area contributed by atoms with E-state index in [2.05, 4.69) is 77.6 Å². The van der Waals surface area contributed by atoms with Gasteiger partial charge >= 0.3 is 0 Å². The summed E-state index contributed by atoms with van der Waals surface area (Å²) < 4.78 is 11.1. The van der Waals surface area contributed by atoms with Crippen molar-refractivity contribution in [3.05, 3.63) is 84.4 Å². The number of hydrogen-bond donors (Lipinski definition) is 0. The first-order chi connectivity index (χ1) is 14.7. The predicted octanol–water partition coefficient (Wildman–Crippen LogP) is 5.36. The Labute approximate surface area is 177 Å². The molecule has 0 fully saturated rings. The van der Waals surface area contributed by atoms with Crippen molar-refractivity contribution in [3.8, 4) is 22.6 Å². The van der Waals surface area contributed by atoms with Crippen LogP contribution < -0.4 is 19.4 Å². The van der Waals surface area contributed by atoms with Crippen LogP contribution in [0, 0.1) is 0 Å². The molecular weight excluding hydrogens is 372 g/mol. The van der Waals surface area contributed by atoms with Gasteiger partial charge in [0.2, 0.25) is 0 Å². The largest absolute Gasteiger partial charge is 0.493 e. The van der Waals surface area contributed by atoms with Crippen molar-refractivity contribution in [2.24, 2.45) is 0 Å². The molecule has 0 aliphatic heterocycles. The molecule has 4 rings (SSSR count). The van der Waals surface area contributed by atoms with Crippen LogP contribution in [0.15, 0.2) is 78.9 Å². The van der Waals surface area contributed by atoms with E-state index in [1.807, 2.05) is 25.1 Å². The van der Waals surface area contributed by atoms with Crippen molar-refractivity contribution in [2.45, 2.75) is 13.5 Å². The second-order valence-corrected chi connectivity index (χ2v) is 7.25. The minimum Gasteiger partial charge on any atom is -0.493 e. The molecule has 30 heavy (non-hydrogen) atoms. The van der Waals surface area contributed by atoms with E-state index in [4.69, 9.17) is 9.47 Å². The van der Waals surface area contributed by atoms with Gasteiger partial charge in [-0.25, -0.2) is 4.98 Å². The summed E-state index contributed by atoms with van der Waals surface area (Å²) in [6.45, 7) is 3.33. The fourth-order valence-electron chi connectivity index (χ4n) is 3.72. The van der Waals surface area contributed by atoms with E-state index < -0.39 is 0 Å². The molecule has 1 heterocycles. The Morgan fingerprint density at radius 1 is 0.867 bits per heavy atom. The van der Waals surface area contributed by atoms with Gasteiger partial charge in [0.15, 0.2) is 11.5 Å². The third kappa shape index (κ3) is 4.08. The first-order valence-electron chi connectivity index (χ1n) is 10.2. The Balaban J connectivity index is 1.69. The molecule has 0 atom stereocenters. The van der Waals surface area contributed by atoms with E-state index in [1.54, 1.807) is 7.11 Å². The van der Waals surface area contributed by atoms with Crippen molar-refractivity contribution < 1.29 is 14.5 Å². The topological polar surface area (TPSA) is 35.8 Å². The number of hydrogen-bond acceptors (Lipinski definition) is 3. The van der Waals surface area contributed by atoms with Crippen LogP contribution in [0.4, 0.5) is 5.82 Å². The molecule has 1 aromatic heterocycles. The maximum Gasteiger partial charge on any atom is 0.275 e. The van der Waals surface area contributed by atoms with Crippen LogP contribution in [-0.2, 0) is 6.54 Å². The highest BCUT2D eigenvalue weighted by molar-refractivity contribution is 5.93. The predicted molar refractivity (Wildman–Crippen MR) is 122 cm³/mol. The van der Waals surface area contributed by atoms with Gasteiger partial charge in [0.05, 0.1) is 20.8 Å². The summed E-state index contributed by atoms with van der Waals surface area (Å²) in [7, 11) is 3.77. The Kier molecular flexibility index (Phi) is 5.84. The summed E-state index contributed by atoms with van der Waals surface area (Å²) in [5, 5.41) is 1.21. The van der Waals surface area contributed by atoms with Gasteiger partial charge in [-0.15, -0.1) is 0 Å². The highest BCUT2D eigenvalue weighted by Crippen LogP contribution is 2.31. The second kappa shape index (κ2) is 8.87. The average Bonchev–Trinajstić information content (AvgIpc) is 2.80. The summed E-state index contributed by atoms with van der Waals surface area (Å²) >= 11 is 0. The number of methoxy groups -OCH3 is 1. The molecular formula is C26H27N2O2+. The van der Waals surface area contributed by atoms with E-state index in [1.165, 1.54) is 16.5 Å². The van der Waals surface area contributed by atoms with Gasteiger partial charge in [-0.2, -0.15) is 0 Å². The molecule has 0 bridgehead atoms. The van der Waals surface area contributed by atoms with Crippen LogP contribution in [0.3, 0.4) is 0 Å². The van der Waals surface area contributed by atoms with Crippen LogP contribution in [0.25, 0.3) is 22.0 Å². The molecule has 1 N–H and O–H groups in total. The number of nitrogens with zero attached hydrogens (tertiary/aromatic N) is 1. The third-order valence-electron chi connectivity index (χ3n) is 5.20. The zero-order valence-electron chi connectivity index (χ0n) is 17.7. The van der Waals surface area contributed by atoms with E-state index in [9.17, 15) is 0 Å². The Morgan fingerprint density at radius 3 is 2.40 bits per heavy atom. The molecule has 152 valence electrons. The number of ether oxygens (including phenoxy) is 2. The van der Waals surface area contributed by atoms with Gasteiger partial charge < -0.3 is 9.47 Å². The lowest BCUT2D eigenvalue weighted by Gasteiger charge is -2.16. The van der Waals surface area contributed by atoms with Gasteiger partial charge in [0, 0.05) is 17.0 Å². The number of nitrogens with one attached hydrogen (secondary N) is 1. The quantitative estimate of drug-likeness (QED) is 0.419. The van der Waals surface area contributed by atoms with Gasteiger partial charge in [0.1, 0.15) is 12.1 Å². The van der Waals surface area contributed by atoms with E-state index in [0.29, 0.717) is 6.61 Å². The monoisotopic (exact) mass is 399 g/mol. The summed E-state index contributed by atoms with van der Waals surface area (Å²) in [6, 6.07) is 27.3. The molecule has 4 heteroatoms. The molecule has 0 spiro atoms. The summed E-state index contributed by atoms with van der Waals surface area (Å²) in [6.07, 6.45) is 0.